The van der Waals surface area contributed by atoms with Gasteiger partial charge in [-0.25, -0.2) is 4.98 Å². The number of benzene rings is 1. The lowest BCUT2D eigenvalue weighted by molar-refractivity contribution is 0.586. The number of oxazole rings is 1. The normalized spacial score (nSPS) is 12.2. The first-order valence-corrected chi connectivity index (χ1v) is 5.71. The molecule has 0 atom stereocenters. The van der Waals surface area contributed by atoms with Crippen molar-refractivity contribution in [2.24, 2.45) is 5.73 Å². The summed E-state index contributed by atoms with van der Waals surface area (Å²) in [6.45, 7) is 0.425. The highest BCUT2D eigenvalue weighted by atomic mass is 35.5. The summed E-state index contributed by atoms with van der Waals surface area (Å²) in [7, 11) is 0. The Labute approximate surface area is 110 Å². The molecule has 0 saturated carbocycles. The van der Waals surface area contributed by atoms with Gasteiger partial charge in [0.15, 0.2) is 5.58 Å². The van der Waals surface area contributed by atoms with Crippen molar-refractivity contribution in [1.82, 2.24) is 4.98 Å². The van der Waals surface area contributed by atoms with E-state index in [9.17, 15) is 0 Å². The largest absolute Gasteiger partial charge is 0.436 e. The van der Waals surface area contributed by atoms with Crippen molar-refractivity contribution in [1.29, 1.82) is 0 Å². The van der Waals surface area contributed by atoms with Crippen molar-refractivity contribution in [3.63, 3.8) is 0 Å². The first-order chi connectivity index (χ1) is 8.74. The third kappa shape index (κ3) is 2.62. The van der Waals surface area contributed by atoms with Gasteiger partial charge in [0.1, 0.15) is 5.52 Å². The number of allylic oxidation sites excluding steroid dienone is 3. The molecule has 1 aromatic carbocycles. The van der Waals surface area contributed by atoms with Gasteiger partial charge in [0.2, 0.25) is 5.89 Å². The maximum Gasteiger partial charge on any atom is 0.227 e. The average Bonchev–Trinajstić information content (AvgIpc) is 2.77. The first kappa shape index (κ1) is 12.4. The average molecular weight is 259 g/mol. The molecule has 0 amide bonds. The van der Waals surface area contributed by atoms with E-state index in [1.165, 1.54) is 0 Å². The second-order valence-corrected chi connectivity index (χ2v) is 3.97. The topological polar surface area (TPSA) is 52.0 Å². The van der Waals surface area contributed by atoms with Crippen LogP contribution in [0.5, 0.6) is 0 Å². The van der Waals surface area contributed by atoms with Crippen LogP contribution < -0.4 is 5.73 Å². The monoisotopic (exact) mass is 258 g/mol. The van der Waals surface area contributed by atoms with E-state index in [-0.39, 0.29) is 0 Å². The summed E-state index contributed by atoms with van der Waals surface area (Å²) in [6.07, 6.45) is 10.4. The van der Waals surface area contributed by atoms with E-state index in [2.05, 4.69) is 10.9 Å². The third-order valence-corrected chi connectivity index (χ3v) is 2.50. The van der Waals surface area contributed by atoms with Gasteiger partial charge < -0.3 is 10.2 Å². The maximum absolute atomic E-state index is 5.89. The van der Waals surface area contributed by atoms with Crippen molar-refractivity contribution in [2.75, 3.05) is 6.54 Å². The molecule has 1 aromatic heterocycles. The minimum absolute atomic E-state index is 0.425. The molecule has 0 saturated heterocycles. The van der Waals surface area contributed by atoms with Crippen molar-refractivity contribution in [2.45, 2.75) is 0 Å². The Balaban J connectivity index is 2.49. The molecule has 0 aliphatic heterocycles. The molecule has 0 unspecified atom stereocenters. The Morgan fingerprint density at radius 3 is 3.11 bits per heavy atom. The molecule has 3 nitrogen and oxygen atoms in total. The zero-order chi connectivity index (χ0) is 13.0. The quantitative estimate of drug-likeness (QED) is 0.680. The summed E-state index contributed by atoms with van der Waals surface area (Å²) >= 11 is 5.89. The number of nitrogens with zero attached hydrogens (tertiary/aromatic N) is 1. The number of halogens is 1. The second-order valence-electron chi connectivity index (χ2n) is 3.54. The van der Waals surface area contributed by atoms with Gasteiger partial charge in [-0.2, -0.15) is 0 Å². The predicted molar refractivity (Wildman–Crippen MR) is 74.0 cm³/mol. The molecule has 0 fully saturated rings. The fourth-order valence-corrected chi connectivity index (χ4v) is 1.66. The Kier molecular flexibility index (Phi) is 3.83. The van der Waals surface area contributed by atoms with Crippen molar-refractivity contribution in [3.8, 4) is 12.3 Å². The highest BCUT2D eigenvalue weighted by Gasteiger charge is 2.08. The molecular weight excluding hydrogens is 248 g/mol. The summed E-state index contributed by atoms with van der Waals surface area (Å²) in [6, 6.07) is 5.26. The van der Waals surface area contributed by atoms with E-state index in [1.807, 2.05) is 0 Å². The van der Waals surface area contributed by atoms with Gasteiger partial charge in [-0.1, -0.05) is 29.7 Å². The Morgan fingerprint density at radius 2 is 2.39 bits per heavy atom. The zero-order valence-electron chi connectivity index (χ0n) is 9.56. The van der Waals surface area contributed by atoms with Crippen LogP contribution in [-0.2, 0) is 0 Å². The lowest BCUT2D eigenvalue weighted by Crippen LogP contribution is -1.92. The number of nitrogens with two attached hydrogens (primary N) is 1. The third-order valence-electron chi connectivity index (χ3n) is 2.27. The number of terminal acetylenes is 1. The fraction of sp³-hybridized carbons (Fsp3) is 0.0714. The van der Waals surface area contributed by atoms with Crippen LogP contribution in [0, 0.1) is 12.3 Å². The van der Waals surface area contributed by atoms with E-state index < -0.39 is 0 Å². The van der Waals surface area contributed by atoms with Crippen LogP contribution in [0.2, 0.25) is 5.02 Å². The number of hydrogen-bond acceptors (Lipinski definition) is 3. The molecule has 2 N–H and O–H groups in total. The zero-order valence-corrected chi connectivity index (χ0v) is 10.3. The van der Waals surface area contributed by atoms with E-state index in [4.69, 9.17) is 28.2 Å². The summed E-state index contributed by atoms with van der Waals surface area (Å²) in [5.41, 5.74) is 7.48. The molecule has 2 rings (SSSR count). The van der Waals surface area contributed by atoms with Gasteiger partial charge in [0.05, 0.1) is 0 Å². The number of aromatic nitrogens is 1. The number of hydrogen-bond donors (Lipinski definition) is 1. The number of fused-ring (bicyclic) bond motifs is 1. The standard InChI is InChI=1S/C14H11ClN2O/c1-2-4-10(5-3-8-16)14-17-12-9-11(15)6-7-13(12)18-14/h1,3-7,9H,8,16H2/b5-3-,10-4+. The summed E-state index contributed by atoms with van der Waals surface area (Å²) < 4.78 is 5.61. The minimum atomic E-state index is 0.425. The summed E-state index contributed by atoms with van der Waals surface area (Å²) in [5, 5.41) is 0.613. The van der Waals surface area contributed by atoms with Gasteiger partial charge in [-0.15, -0.1) is 6.42 Å². The van der Waals surface area contributed by atoms with E-state index in [1.54, 1.807) is 36.4 Å². The van der Waals surface area contributed by atoms with Gasteiger partial charge in [0.25, 0.3) is 0 Å². The molecule has 2 aromatic rings. The Hall–Kier alpha value is -2.02. The van der Waals surface area contributed by atoms with Crippen molar-refractivity contribution in [3.05, 3.63) is 47.3 Å². The number of rotatable bonds is 3. The fourth-order valence-electron chi connectivity index (χ4n) is 1.49. The molecular formula is C14H11ClN2O. The van der Waals surface area contributed by atoms with Crippen LogP contribution in [0.1, 0.15) is 5.89 Å². The predicted octanol–water partition coefficient (Wildman–Crippen LogP) is 3.01. The highest BCUT2D eigenvalue weighted by molar-refractivity contribution is 6.31. The molecule has 1 heterocycles. The van der Waals surface area contributed by atoms with Gasteiger partial charge >= 0.3 is 0 Å². The first-order valence-electron chi connectivity index (χ1n) is 5.34. The van der Waals surface area contributed by atoms with Crippen LogP contribution in [-0.4, -0.2) is 11.5 Å². The Bertz CT molecular complexity index is 662. The van der Waals surface area contributed by atoms with E-state index >= 15 is 0 Å². The van der Waals surface area contributed by atoms with Gasteiger partial charge in [-0.05, 0) is 18.2 Å². The maximum atomic E-state index is 5.89. The highest BCUT2D eigenvalue weighted by Crippen LogP contribution is 2.24. The van der Waals surface area contributed by atoms with Crippen molar-refractivity contribution >= 4 is 28.3 Å². The lowest BCUT2D eigenvalue weighted by atomic mass is 10.2. The molecule has 4 heteroatoms. The van der Waals surface area contributed by atoms with E-state index in [0.717, 1.165) is 0 Å². The summed E-state index contributed by atoms with van der Waals surface area (Å²) in [4.78, 5) is 4.34. The molecule has 0 spiro atoms. The Morgan fingerprint density at radius 1 is 1.56 bits per heavy atom. The van der Waals surface area contributed by atoms with E-state index in [0.29, 0.717) is 34.1 Å². The molecule has 0 aliphatic rings. The van der Waals surface area contributed by atoms with Crippen LogP contribution >= 0.6 is 11.6 Å². The molecule has 0 bridgehead atoms. The van der Waals surface area contributed by atoms with Gasteiger partial charge in [-0.3, -0.25) is 0 Å². The van der Waals surface area contributed by atoms with Crippen LogP contribution in [0.4, 0.5) is 0 Å². The summed E-state index contributed by atoms with van der Waals surface area (Å²) in [5.74, 6) is 2.90. The van der Waals surface area contributed by atoms with Gasteiger partial charge in [0, 0.05) is 23.2 Å². The van der Waals surface area contributed by atoms with Crippen LogP contribution in [0.15, 0.2) is 40.8 Å². The van der Waals surface area contributed by atoms with Crippen molar-refractivity contribution < 1.29 is 4.42 Å². The lowest BCUT2D eigenvalue weighted by Gasteiger charge is -1.92. The van der Waals surface area contributed by atoms with Crippen LogP contribution in [0.25, 0.3) is 16.7 Å². The SMILES string of the molecule is C#C/C=C(\C=C/CN)c1nc2cc(Cl)ccc2o1. The second kappa shape index (κ2) is 5.54. The molecule has 0 radical (unpaired) electrons. The smallest absolute Gasteiger partial charge is 0.227 e. The molecule has 0 aliphatic carbocycles. The minimum Gasteiger partial charge on any atom is -0.436 e. The molecule has 18 heavy (non-hydrogen) atoms. The molecule has 90 valence electrons. The van der Waals surface area contributed by atoms with Crippen LogP contribution in [0.3, 0.4) is 0 Å².